The lowest BCUT2D eigenvalue weighted by atomic mass is 10.2. The molecule has 1 aromatic carbocycles. The Bertz CT molecular complexity index is 494. The van der Waals surface area contributed by atoms with Crippen LogP contribution in [-0.4, -0.2) is 25.2 Å². The zero-order chi connectivity index (χ0) is 12.3. The molecule has 4 nitrogen and oxygen atoms in total. The standard InChI is InChI=1S/C9H9NO3S.C2H6/c1-2-10-9(11)7-5-3-4-6-8(7)14(10,12)13;1-2/h3-6H,2H2,1H3;1-2H3. The molecule has 1 amide bonds. The van der Waals surface area contributed by atoms with Gasteiger partial charge in [0.05, 0.1) is 5.56 Å². The second-order valence-electron chi connectivity index (χ2n) is 2.97. The lowest BCUT2D eigenvalue weighted by molar-refractivity contribution is 0.0876. The normalized spacial score (nSPS) is 16.4. The summed E-state index contributed by atoms with van der Waals surface area (Å²) in [5, 5.41) is 0. The summed E-state index contributed by atoms with van der Waals surface area (Å²) < 4.78 is 24.3. The fourth-order valence-electron chi connectivity index (χ4n) is 1.54. The van der Waals surface area contributed by atoms with Crippen molar-refractivity contribution in [1.29, 1.82) is 0 Å². The summed E-state index contributed by atoms with van der Waals surface area (Å²) in [6, 6.07) is 6.26. The van der Waals surface area contributed by atoms with Gasteiger partial charge in [-0.25, -0.2) is 12.7 Å². The van der Waals surface area contributed by atoms with Gasteiger partial charge in [0, 0.05) is 6.54 Å². The Kier molecular flexibility index (Phi) is 3.70. The number of hydrogen-bond acceptors (Lipinski definition) is 3. The second-order valence-corrected chi connectivity index (χ2v) is 4.80. The van der Waals surface area contributed by atoms with Crippen molar-refractivity contribution in [3.63, 3.8) is 0 Å². The molecule has 1 aliphatic rings. The number of rotatable bonds is 1. The lowest BCUT2D eigenvalue weighted by Gasteiger charge is -2.10. The summed E-state index contributed by atoms with van der Waals surface area (Å²) in [5.74, 6) is -0.428. The largest absolute Gasteiger partial charge is 0.268 e. The van der Waals surface area contributed by atoms with Crippen LogP contribution >= 0.6 is 0 Å². The summed E-state index contributed by atoms with van der Waals surface area (Å²) in [6.07, 6.45) is 0. The lowest BCUT2D eigenvalue weighted by Crippen LogP contribution is -2.29. The minimum Gasteiger partial charge on any atom is -0.268 e. The van der Waals surface area contributed by atoms with Crippen LogP contribution in [0.2, 0.25) is 0 Å². The van der Waals surface area contributed by atoms with Crippen LogP contribution in [0.4, 0.5) is 0 Å². The van der Waals surface area contributed by atoms with Crippen molar-refractivity contribution in [2.24, 2.45) is 0 Å². The van der Waals surface area contributed by atoms with Gasteiger partial charge in [0.1, 0.15) is 4.90 Å². The fraction of sp³-hybridized carbons (Fsp3) is 0.364. The molecule has 0 atom stereocenters. The van der Waals surface area contributed by atoms with Crippen molar-refractivity contribution < 1.29 is 13.2 Å². The summed E-state index contributed by atoms with van der Waals surface area (Å²) in [4.78, 5) is 11.7. The van der Waals surface area contributed by atoms with E-state index in [4.69, 9.17) is 0 Å². The monoisotopic (exact) mass is 241 g/mol. The van der Waals surface area contributed by atoms with Crippen LogP contribution in [0.3, 0.4) is 0 Å². The number of amides is 1. The maximum Gasteiger partial charge on any atom is 0.268 e. The van der Waals surface area contributed by atoms with Crippen molar-refractivity contribution in [2.45, 2.75) is 25.7 Å². The number of sulfonamides is 1. The van der Waals surface area contributed by atoms with Gasteiger partial charge in [-0.1, -0.05) is 26.0 Å². The Morgan fingerprint density at radius 3 is 2.25 bits per heavy atom. The average Bonchev–Trinajstić information content (AvgIpc) is 2.50. The summed E-state index contributed by atoms with van der Waals surface area (Å²) in [5.41, 5.74) is 0.273. The van der Waals surface area contributed by atoms with Gasteiger partial charge < -0.3 is 0 Å². The topological polar surface area (TPSA) is 54.5 Å². The minimum absolute atomic E-state index is 0.117. The van der Waals surface area contributed by atoms with Gasteiger partial charge in [0.25, 0.3) is 15.9 Å². The molecule has 0 N–H and O–H groups in total. The zero-order valence-electron chi connectivity index (χ0n) is 9.60. The van der Waals surface area contributed by atoms with E-state index < -0.39 is 15.9 Å². The third-order valence-corrected chi connectivity index (χ3v) is 4.12. The van der Waals surface area contributed by atoms with Gasteiger partial charge in [-0.2, -0.15) is 0 Å². The molecule has 0 aliphatic carbocycles. The van der Waals surface area contributed by atoms with Gasteiger partial charge in [0.15, 0.2) is 0 Å². The van der Waals surface area contributed by atoms with E-state index in [-0.39, 0.29) is 17.0 Å². The predicted octanol–water partition coefficient (Wildman–Crippen LogP) is 1.88. The SMILES string of the molecule is CC.CCN1C(=O)c2ccccc2S1(=O)=O. The summed E-state index contributed by atoms with van der Waals surface area (Å²) in [6.45, 7) is 5.82. The number of carbonyl (C=O) groups excluding carboxylic acids is 1. The first-order chi connectivity index (χ1) is 7.59. The van der Waals surface area contributed by atoms with E-state index >= 15 is 0 Å². The van der Waals surface area contributed by atoms with E-state index in [2.05, 4.69) is 0 Å². The van der Waals surface area contributed by atoms with Gasteiger partial charge in [-0.15, -0.1) is 0 Å². The van der Waals surface area contributed by atoms with Crippen LogP contribution in [0.1, 0.15) is 31.1 Å². The van der Waals surface area contributed by atoms with E-state index in [1.54, 1.807) is 19.1 Å². The highest BCUT2D eigenvalue weighted by Gasteiger charge is 2.39. The molecule has 1 aromatic rings. The molecule has 0 aromatic heterocycles. The van der Waals surface area contributed by atoms with Crippen LogP contribution in [-0.2, 0) is 10.0 Å². The predicted molar refractivity (Wildman–Crippen MR) is 61.7 cm³/mol. The third-order valence-electron chi connectivity index (χ3n) is 2.20. The van der Waals surface area contributed by atoms with E-state index in [1.165, 1.54) is 12.1 Å². The molecular weight excluding hydrogens is 226 g/mol. The highest BCUT2D eigenvalue weighted by atomic mass is 32.2. The highest BCUT2D eigenvalue weighted by molar-refractivity contribution is 7.90. The summed E-state index contributed by atoms with van der Waals surface area (Å²) >= 11 is 0. The first-order valence-electron chi connectivity index (χ1n) is 5.25. The van der Waals surface area contributed by atoms with Gasteiger partial charge in [-0.3, -0.25) is 4.79 Å². The van der Waals surface area contributed by atoms with Crippen molar-refractivity contribution in [2.75, 3.05) is 6.54 Å². The molecular formula is C11H15NO3S. The van der Waals surface area contributed by atoms with E-state index in [0.717, 1.165) is 4.31 Å². The van der Waals surface area contributed by atoms with E-state index in [1.807, 2.05) is 13.8 Å². The Balaban J connectivity index is 0.000000606. The quantitative estimate of drug-likeness (QED) is 0.754. The number of hydrogen-bond donors (Lipinski definition) is 0. The van der Waals surface area contributed by atoms with Crippen LogP contribution < -0.4 is 0 Å². The molecule has 5 heteroatoms. The van der Waals surface area contributed by atoms with Crippen LogP contribution in [0.25, 0.3) is 0 Å². The minimum atomic E-state index is -3.56. The average molecular weight is 241 g/mol. The first-order valence-corrected chi connectivity index (χ1v) is 6.69. The Morgan fingerprint density at radius 2 is 1.75 bits per heavy atom. The van der Waals surface area contributed by atoms with Gasteiger partial charge >= 0.3 is 0 Å². The van der Waals surface area contributed by atoms with Crippen LogP contribution in [0, 0.1) is 0 Å². The number of fused-ring (bicyclic) bond motifs is 1. The maximum atomic E-state index is 11.7. The molecule has 0 bridgehead atoms. The van der Waals surface area contributed by atoms with Crippen LogP contribution in [0.5, 0.6) is 0 Å². The molecule has 88 valence electrons. The molecule has 0 fully saturated rings. The van der Waals surface area contributed by atoms with Crippen molar-refractivity contribution in [3.8, 4) is 0 Å². The third kappa shape index (κ3) is 1.71. The van der Waals surface area contributed by atoms with Gasteiger partial charge in [0.2, 0.25) is 0 Å². The number of benzene rings is 1. The molecule has 0 saturated carbocycles. The molecule has 1 heterocycles. The smallest absolute Gasteiger partial charge is 0.268 e. The van der Waals surface area contributed by atoms with E-state index in [0.29, 0.717) is 0 Å². The second kappa shape index (κ2) is 4.65. The molecule has 0 unspecified atom stereocenters. The molecule has 0 spiro atoms. The molecule has 2 rings (SSSR count). The summed E-state index contributed by atoms with van der Waals surface area (Å²) in [7, 11) is -3.56. The number of nitrogens with zero attached hydrogens (tertiary/aromatic N) is 1. The van der Waals surface area contributed by atoms with Crippen LogP contribution in [0.15, 0.2) is 29.2 Å². The zero-order valence-corrected chi connectivity index (χ0v) is 10.4. The van der Waals surface area contributed by atoms with E-state index in [9.17, 15) is 13.2 Å². The highest BCUT2D eigenvalue weighted by Crippen LogP contribution is 2.29. The Labute approximate surface area is 95.9 Å². The van der Waals surface area contributed by atoms with Crippen molar-refractivity contribution in [1.82, 2.24) is 4.31 Å². The fourth-order valence-corrected chi connectivity index (χ4v) is 3.12. The first kappa shape index (κ1) is 12.7. The Morgan fingerprint density at radius 1 is 1.19 bits per heavy atom. The van der Waals surface area contributed by atoms with Crippen molar-refractivity contribution >= 4 is 15.9 Å². The molecule has 16 heavy (non-hydrogen) atoms. The maximum absolute atomic E-state index is 11.7. The molecule has 0 radical (unpaired) electrons. The molecule has 0 saturated heterocycles. The Hall–Kier alpha value is -1.36. The van der Waals surface area contributed by atoms with Gasteiger partial charge in [-0.05, 0) is 19.1 Å². The number of carbonyl (C=O) groups is 1. The molecule has 1 aliphatic heterocycles. The van der Waals surface area contributed by atoms with Crippen molar-refractivity contribution in [3.05, 3.63) is 29.8 Å².